The standard InChI is InChI=1S/C16H18Si.C13H10/c1-17(2,3)16-14-10-6-4-8-12(14)13-9-5-7-11-15(13)16;1-3-7-12-10(5-1)9-11-6-2-4-8-13(11)12/h4-11,16H,1-3H3;1-8H,9H2. The van der Waals surface area contributed by atoms with Crippen LogP contribution in [0.2, 0.25) is 19.6 Å². The number of benzene rings is 4. The Balaban J connectivity index is 0.000000133. The van der Waals surface area contributed by atoms with Crippen molar-refractivity contribution in [2.75, 3.05) is 0 Å². The van der Waals surface area contributed by atoms with E-state index < -0.39 is 8.07 Å². The summed E-state index contributed by atoms with van der Waals surface area (Å²) in [5, 5.41) is 0. The van der Waals surface area contributed by atoms with Crippen LogP contribution in [0.3, 0.4) is 0 Å². The van der Waals surface area contributed by atoms with Crippen molar-refractivity contribution in [1.29, 1.82) is 0 Å². The van der Waals surface area contributed by atoms with Gasteiger partial charge in [0.15, 0.2) is 0 Å². The van der Waals surface area contributed by atoms with Crippen molar-refractivity contribution in [2.45, 2.75) is 31.6 Å². The van der Waals surface area contributed by atoms with E-state index in [9.17, 15) is 0 Å². The molecule has 2 aliphatic carbocycles. The molecule has 0 amide bonds. The average molecular weight is 405 g/mol. The van der Waals surface area contributed by atoms with E-state index in [-0.39, 0.29) is 0 Å². The van der Waals surface area contributed by atoms with Crippen molar-refractivity contribution < 1.29 is 0 Å². The highest BCUT2D eigenvalue weighted by Gasteiger charge is 2.37. The highest BCUT2D eigenvalue weighted by Crippen LogP contribution is 2.48. The lowest BCUT2D eigenvalue weighted by Gasteiger charge is -2.27. The molecule has 0 fully saturated rings. The lowest BCUT2D eigenvalue weighted by atomic mass is 10.1. The molecule has 0 saturated heterocycles. The molecule has 0 aromatic heterocycles. The summed E-state index contributed by atoms with van der Waals surface area (Å²) in [6.45, 7) is 7.41. The van der Waals surface area contributed by atoms with Crippen molar-refractivity contribution in [3.8, 4) is 22.3 Å². The maximum absolute atomic E-state index is 2.47. The molecule has 0 bridgehead atoms. The molecule has 0 saturated carbocycles. The summed E-state index contributed by atoms with van der Waals surface area (Å²) < 4.78 is 0. The molecule has 6 rings (SSSR count). The first-order chi connectivity index (χ1) is 14.5. The zero-order valence-corrected chi connectivity index (χ0v) is 19.0. The Hall–Kier alpha value is -2.90. The van der Waals surface area contributed by atoms with Gasteiger partial charge in [-0.3, -0.25) is 0 Å². The van der Waals surface area contributed by atoms with Crippen molar-refractivity contribution in [3.05, 3.63) is 119 Å². The minimum atomic E-state index is -1.23. The highest BCUT2D eigenvalue weighted by molar-refractivity contribution is 6.78. The Bertz CT molecular complexity index is 1120. The Labute approximate surface area is 181 Å². The molecule has 30 heavy (non-hydrogen) atoms. The topological polar surface area (TPSA) is 0 Å². The zero-order chi connectivity index (χ0) is 20.7. The Morgan fingerprint density at radius 2 is 0.867 bits per heavy atom. The van der Waals surface area contributed by atoms with Crippen molar-refractivity contribution in [1.82, 2.24) is 0 Å². The first-order valence-electron chi connectivity index (χ1n) is 10.9. The van der Waals surface area contributed by atoms with Crippen LogP contribution in [0.4, 0.5) is 0 Å². The van der Waals surface area contributed by atoms with Gasteiger partial charge in [0, 0.05) is 5.54 Å². The molecule has 4 aromatic rings. The largest absolute Gasteiger partial charge is 0.0688 e. The third-order valence-corrected chi connectivity index (χ3v) is 8.76. The van der Waals surface area contributed by atoms with E-state index in [1.165, 1.54) is 33.4 Å². The van der Waals surface area contributed by atoms with Crippen molar-refractivity contribution in [3.63, 3.8) is 0 Å². The molecular formula is C29H28Si. The van der Waals surface area contributed by atoms with Crippen LogP contribution in [0.5, 0.6) is 0 Å². The van der Waals surface area contributed by atoms with Gasteiger partial charge < -0.3 is 0 Å². The maximum atomic E-state index is 2.47. The summed E-state index contributed by atoms with van der Waals surface area (Å²) in [6.07, 6.45) is 1.10. The highest BCUT2D eigenvalue weighted by atomic mass is 28.3. The van der Waals surface area contributed by atoms with Gasteiger partial charge in [0.25, 0.3) is 0 Å². The van der Waals surface area contributed by atoms with Crippen LogP contribution in [0.25, 0.3) is 22.3 Å². The third-order valence-electron chi connectivity index (χ3n) is 6.41. The summed E-state index contributed by atoms with van der Waals surface area (Å²) in [7, 11) is -1.23. The van der Waals surface area contributed by atoms with E-state index in [2.05, 4.69) is 117 Å². The lowest BCUT2D eigenvalue weighted by Crippen LogP contribution is -2.30. The van der Waals surface area contributed by atoms with Gasteiger partial charge in [0.2, 0.25) is 0 Å². The molecule has 0 nitrogen and oxygen atoms in total. The van der Waals surface area contributed by atoms with Crippen molar-refractivity contribution in [2.24, 2.45) is 0 Å². The number of hydrogen-bond donors (Lipinski definition) is 0. The van der Waals surface area contributed by atoms with E-state index in [1.807, 2.05) is 0 Å². The fraction of sp³-hybridized carbons (Fsp3) is 0.172. The van der Waals surface area contributed by atoms with Crippen LogP contribution in [0.1, 0.15) is 27.8 Å². The van der Waals surface area contributed by atoms with Crippen LogP contribution in [-0.2, 0) is 6.42 Å². The summed E-state index contributed by atoms with van der Waals surface area (Å²) >= 11 is 0. The second-order valence-electron chi connectivity index (χ2n) is 9.46. The molecule has 0 radical (unpaired) electrons. The van der Waals surface area contributed by atoms with Crippen LogP contribution >= 0.6 is 0 Å². The first kappa shape index (κ1) is 19.1. The van der Waals surface area contributed by atoms with Gasteiger partial charge in [-0.2, -0.15) is 0 Å². The predicted octanol–water partition coefficient (Wildman–Crippen LogP) is 7.93. The summed E-state index contributed by atoms with van der Waals surface area (Å²) in [5.74, 6) is 0. The molecule has 2 aliphatic rings. The predicted molar refractivity (Wildman–Crippen MR) is 132 cm³/mol. The van der Waals surface area contributed by atoms with E-state index in [1.54, 1.807) is 11.1 Å². The smallest absolute Gasteiger partial charge is 0.0574 e. The third kappa shape index (κ3) is 3.24. The summed E-state index contributed by atoms with van der Waals surface area (Å²) in [4.78, 5) is 0. The van der Waals surface area contributed by atoms with Gasteiger partial charge >= 0.3 is 0 Å². The van der Waals surface area contributed by atoms with E-state index in [0.29, 0.717) is 5.54 Å². The Morgan fingerprint density at radius 3 is 1.30 bits per heavy atom. The average Bonchev–Trinajstić information content (AvgIpc) is 3.30. The van der Waals surface area contributed by atoms with E-state index >= 15 is 0 Å². The fourth-order valence-corrected chi connectivity index (χ4v) is 7.54. The molecule has 1 heteroatoms. The molecule has 0 unspecified atom stereocenters. The monoisotopic (exact) mass is 404 g/mol. The zero-order valence-electron chi connectivity index (χ0n) is 18.0. The second-order valence-corrected chi connectivity index (χ2v) is 14.8. The summed E-state index contributed by atoms with van der Waals surface area (Å²) in [5.41, 5.74) is 12.4. The minimum absolute atomic E-state index is 0.662. The Morgan fingerprint density at radius 1 is 0.500 bits per heavy atom. The van der Waals surface area contributed by atoms with Gasteiger partial charge in [0.1, 0.15) is 0 Å². The molecule has 0 spiro atoms. The molecule has 0 N–H and O–H groups in total. The van der Waals surface area contributed by atoms with E-state index in [0.717, 1.165) is 6.42 Å². The number of rotatable bonds is 1. The quantitative estimate of drug-likeness (QED) is 0.249. The van der Waals surface area contributed by atoms with Gasteiger partial charge in [-0.05, 0) is 50.9 Å². The molecule has 0 heterocycles. The normalized spacial score (nSPS) is 13.6. The molecule has 0 atom stereocenters. The van der Waals surface area contributed by atoms with Crippen LogP contribution in [0, 0.1) is 0 Å². The number of fused-ring (bicyclic) bond motifs is 6. The number of hydrogen-bond acceptors (Lipinski definition) is 0. The molecule has 4 aromatic carbocycles. The van der Waals surface area contributed by atoms with E-state index in [4.69, 9.17) is 0 Å². The SMILES string of the molecule is C[Si](C)(C)C1c2ccccc2-c2ccccc21.c1ccc2c(c1)Cc1ccccc1-2. The van der Waals surface area contributed by atoms with Crippen LogP contribution in [0.15, 0.2) is 97.1 Å². The van der Waals surface area contributed by atoms with Crippen LogP contribution in [-0.4, -0.2) is 8.07 Å². The lowest BCUT2D eigenvalue weighted by molar-refractivity contribution is 1.12. The first-order valence-corrected chi connectivity index (χ1v) is 14.5. The summed E-state index contributed by atoms with van der Waals surface area (Å²) in [6, 6.07) is 35.2. The van der Waals surface area contributed by atoms with Gasteiger partial charge in [-0.25, -0.2) is 0 Å². The molecule has 0 aliphatic heterocycles. The van der Waals surface area contributed by atoms with Crippen LogP contribution < -0.4 is 0 Å². The Kier molecular flexibility index (Phi) is 4.71. The van der Waals surface area contributed by atoms with Gasteiger partial charge in [-0.15, -0.1) is 0 Å². The molecular weight excluding hydrogens is 376 g/mol. The van der Waals surface area contributed by atoms with Gasteiger partial charge in [0.05, 0.1) is 8.07 Å². The molecule has 148 valence electrons. The van der Waals surface area contributed by atoms with Gasteiger partial charge in [-0.1, -0.05) is 117 Å². The maximum Gasteiger partial charge on any atom is 0.0574 e. The van der Waals surface area contributed by atoms with Crippen molar-refractivity contribution >= 4 is 8.07 Å². The minimum Gasteiger partial charge on any atom is -0.0688 e. The second kappa shape index (κ2) is 7.41. The fourth-order valence-electron chi connectivity index (χ4n) is 5.17.